The molecule has 3 nitrogen and oxygen atoms in total. The molecule has 0 radical (unpaired) electrons. The number of carbonyl (C=O) groups is 2. The molecule has 1 aliphatic carbocycles. The summed E-state index contributed by atoms with van der Waals surface area (Å²) in [5, 5.41) is 0. The Balaban J connectivity index is 1.88. The van der Waals surface area contributed by atoms with Crippen LogP contribution in [-0.2, 0) is 9.59 Å². The van der Waals surface area contributed by atoms with Gasteiger partial charge in [-0.05, 0) is 58.8 Å². The predicted octanol–water partition coefficient (Wildman–Crippen LogP) is 4.36. The monoisotopic (exact) mass is 349 g/mol. The standard InChI is InChI=1S/C17H20BrNO2/c1-12-5-6-14(13(18)9-12)19-15(20)10-17(11-16(19)21)7-3-2-4-8-17/h5-6,9H,2-4,7-8,10-11H2,1H3. The molecule has 1 heterocycles. The highest BCUT2D eigenvalue weighted by molar-refractivity contribution is 9.10. The summed E-state index contributed by atoms with van der Waals surface area (Å²) in [5.41, 5.74) is 1.73. The molecule has 1 aliphatic heterocycles. The van der Waals surface area contributed by atoms with Gasteiger partial charge in [0.1, 0.15) is 0 Å². The van der Waals surface area contributed by atoms with Crippen LogP contribution in [0.2, 0.25) is 0 Å². The molecule has 0 aromatic heterocycles. The molecule has 21 heavy (non-hydrogen) atoms. The topological polar surface area (TPSA) is 37.4 Å². The van der Waals surface area contributed by atoms with Crippen molar-refractivity contribution in [1.29, 1.82) is 0 Å². The molecule has 0 N–H and O–H groups in total. The van der Waals surface area contributed by atoms with Gasteiger partial charge >= 0.3 is 0 Å². The summed E-state index contributed by atoms with van der Waals surface area (Å²) in [6.07, 6.45) is 6.60. The molecule has 1 spiro atoms. The van der Waals surface area contributed by atoms with Crippen LogP contribution in [0.15, 0.2) is 22.7 Å². The minimum Gasteiger partial charge on any atom is -0.274 e. The normalized spacial score (nSPS) is 21.9. The minimum absolute atomic E-state index is 0.0438. The Morgan fingerprint density at radius 3 is 2.24 bits per heavy atom. The van der Waals surface area contributed by atoms with Gasteiger partial charge in [-0.25, -0.2) is 4.90 Å². The van der Waals surface area contributed by atoms with E-state index in [0.717, 1.165) is 35.7 Å². The molecule has 1 aromatic carbocycles. The van der Waals surface area contributed by atoms with Gasteiger partial charge in [0.15, 0.2) is 0 Å². The first-order valence-electron chi connectivity index (χ1n) is 7.63. The molecule has 1 saturated carbocycles. The minimum atomic E-state index is -0.0555. The summed E-state index contributed by atoms with van der Waals surface area (Å²) in [6.45, 7) is 1.99. The largest absolute Gasteiger partial charge is 0.274 e. The Morgan fingerprint density at radius 2 is 1.67 bits per heavy atom. The van der Waals surface area contributed by atoms with Crippen molar-refractivity contribution in [3.05, 3.63) is 28.2 Å². The van der Waals surface area contributed by atoms with Crippen LogP contribution in [0, 0.1) is 12.3 Å². The van der Waals surface area contributed by atoms with Crippen LogP contribution >= 0.6 is 15.9 Å². The maximum Gasteiger partial charge on any atom is 0.234 e. The summed E-state index contributed by atoms with van der Waals surface area (Å²) in [6, 6.07) is 5.74. The number of imide groups is 1. The van der Waals surface area contributed by atoms with Crippen LogP contribution in [0.5, 0.6) is 0 Å². The molecule has 3 rings (SSSR count). The van der Waals surface area contributed by atoms with Gasteiger partial charge in [0.05, 0.1) is 5.69 Å². The van der Waals surface area contributed by atoms with Crippen LogP contribution in [0.4, 0.5) is 5.69 Å². The Hall–Kier alpha value is -1.16. The number of benzene rings is 1. The molecule has 0 atom stereocenters. The van der Waals surface area contributed by atoms with Crippen molar-refractivity contribution in [2.24, 2.45) is 5.41 Å². The molecular formula is C17H20BrNO2. The van der Waals surface area contributed by atoms with E-state index in [1.165, 1.54) is 11.3 Å². The van der Waals surface area contributed by atoms with E-state index in [1.807, 2.05) is 25.1 Å². The summed E-state index contributed by atoms with van der Waals surface area (Å²) in [7, 11) is 0. The van der Waals surface area contributed by atoms with E-state index >= 15 is 0 Å². The third-order valence-corrected chi connectivity index (χ3v) is 5.44. The first-order valence-corrected chi connectivity index (χ1v) is 8.42. The molecule has 112 valence electrons. The molecule has 2 fully saturated rings. The van der Waals surface area contributed by atoms with Crippen LogP contribution in [-0.4, -0.2) is 11.8 Å². The zero-order chi connectivity index (χ0) is 15.0. The number of nitrogens with zero attached hydrogens (tertiary/aromatic N) is 1. The highest BCUT2D eigenvalue weighted by atomic mass is 79.9. The number of rotatable bonds is 1. The third kappa shape index (κ3) is 2.78. The zero-order valence-corrected chi connectivity index (χ0v) is 13.9. The van der Waals surface area contributed by atoms with Gasteiger partial charge < -0.3 is 0 Å². The molecule has 2 amide bonds. The second kappa shape index (κ2) is 5.56. The Bertz CT molecular complexity index is 570. The van der Waals surface area contributed by atoms with Crippen molar-refractivity contribution in [2.45, 2.75) is 51.9 Å². The van der Waals surface area contributed by atoms with Crippen molar-refractivity contribution in [3.8, 4) is 0 Å². The lowest BCUT2D eigenvalue weighted by Gasteiger charge is -2.42. The smallest absolute Gasteiger partial charge is 0.234 e. The van der Waals surface area contributed by atoms with Gasteiger partial charge in [0.2, 0.25) is 11.8 Å². The maximum atomic E-state index is 12.6. The van der Waals surface area contributed by atoms with E-state index < -0.39 is 0 Å². The van der Waals surface area contributed by atoms with Gasteiger partial charge in [-0.3, -0.25) is 9.59 Å². The number of carbonyl (C=O) groups excluding carboxylic acids is 2. The summed E-state index contributed by atoms with van der Waals surface area (Å²) in [5.74, 6) is -0.0876. The summed E-state index contributed by atoms with van der Waals surface area (Å²) < 4.78 is 0.809. The van der Waals surface area contributed by atoms with Gasteiger partial charge in [-0.2, -0.15) is 0 Å². The third-order valence-electron chi connectivity index (χ3n) is 4.81. The van der Waals surface area contributed by atoms with E-state index in [1.54, 1.807) is 0 Å². The van der Waals surface area contributed by atoms with Crippen molar-refractivity contribution in [2.75, 3.05) is 4.90 Å². The van der Waals surface area contributed by atoms with Gasteiger partial charge in [-0.15, -0.1) is 0 Å². The molecule has 4 heteroatoms. The number of halogens is 1. The Morgan fingerprint density at radius 1 is 1.05 bits per heavy atom. The average Bonchev–Trinajstić information content (AvgIpc) is 2.41. The molecule has 1 saturated heterocycles. The maximum absolute atomic E-state index is 12.6. The number of hydrogen-bond acceptors (Lipinski definition) is 2. The van der Waals surface area contributed by atoms with Crippen molar-refractivity contribution in [1.82, 2.24) is 0 Å². The first kappa shape index (κ1) is 14.8. The molecule has 2 aliphatic rings. The number of anilines is 1. The van der Waals surface area contributed by atoms with Crippen LogP contribution in [0.25, 0.3) is 0 Å². The van der Waals surface area contributed by atoms with Gasteiger partial charge in [-0.1, -0.05) is 25.3 Å². The van der Waals surface area contributed by atoms with Crippen LogP contribution in [0.3, 0.4) is 0 Å². The lowest BCUT2D eigenvalue weighted by molar-refractivity contribution is -0.134. The lowest BCUT2D eigenvalue weighted by Crippen LogP contribution is -2.49. The van der Waals surface area contributed by atoms with Crippen molar-refractivity contribution in [3.63, 3.8) is 0 Å². The predicted molar refractivity (Wildman–Crippen MR) is 86.1 cm³/mol. The van der Waals surface area contributed by atoms with E-state index in [0.29, 0.717) is 18.5 Å². The quantitative estimate of drug-likeness (QED) is 0.706. The van der Waals surface area contributed by atoms with E-state index in [4.69, 9.17) is 0 Å². The molecule has 1 aromatic rings. The Labute approximate surface area is 133 Å². The number of hydrogen-bond donors (Lipinski definition) is 0. The summed E-state index contributed by atoms with van der Waals surface area (Å²) >= 11 is 3.48. The van der Waals surface area contributed by atoms with Crippen molar-refractivity contribution < 1.29 is 9.59 Å². The highest BCUT2D eigenvalue weighted by Crippen LogP contribution is 2.46. The SMILES string of the molecule is Cc1ccc(N2C(=O)CC3(CCCCC3)CC2=O)c(Br)c1. The Kier molecular flexibility index (Phi) is 3.91. The van der Waals surface area contributed by atoms with Gasteiger partial charge in [0.25, 0.3) is 0 Å². The van der Waals surface area contributed by atoms with Gasteiger partial charge in [0, 0.05) is 17.3 Å². The molecular weight excluding hydrogens is 330 g/mol. The van der Waals surface area contributed by atoms with E-state index in [9.17, 15) is 9.59 Å². The fourth-order valence-corrected chi connectivity index (χ4v) is 4.39. The zero-order valence-electron chi connectivity index (χ0n) is 12.3. The number of piperidine rings is 1. The average molecular weight is 350 g/mol. The van der Waals surface area contributed by atoms with Crippen molar-refractivity contribution >= 4 is 33.4 Å². The fourth-order valence-electron chi connectivity index (χ4n) is 3.72. The fraction of sp³-hybridized carbons (Fsp3) is 0.529. The summed E-state index contributed by atoms with van der Waals surface area (Å²) in [4.78, 5) is 26.6. The lowest BCUT2D eigenvalue weighted by atomic mass is 9.67. The highest BCUT2D eigenvalue weighted by Gasteiger charge is 2.44. The first-order chi connectivity index (χ1) is 10.0. The molecule has 0 bridgehead atoms. The molecule has 0 unspecified atom stereocenters. The number of amides is 2. The number of aryl methyl sites for hydroxylation is 1. The second-order valence-electron chi connectivity index (χ2n) is 6.49. The van der Waals surface area contributed by atoms with Crippen LogP contribution in [0.1, 0.15) is 50.5 Å². The van der Waals surface area contributed by atoms with Crippen LogP contribution < -0.4 is 4.90 Å². The van der Waals surface area contributed by atoms with E-state index in [-0.39, 0.29) is 17.2 Å². The second-order valence-corrected chi connectivity index (χ2v) is 7.35. The van der Waals surface area contributed by atoms with E-state index in [2.05, 4.69) is 15.9 Å².